The summed E-state index contributed by atoms with van der Waals surface area (Å²) < 4.78 is 1.00. The van der Waals surface area contributed by atoms with Crippen LogP contribution in [0.15, 0.2) is 38.6 Å². The zero-order valence-electron chi connectivity index (χ0n) is 12.0. The van der Waals surface area contributed by atoms with Crippen LogP contribution in [-0.2, 0) is 5.41 Å². The average Bonchev–Trinajstić information content (AvgIpc) is 2.40. The lowest BCUT2D eigenvalue weighted by Crippen LogP contribution is -2.24. The molecule has 0 spiro atoms. The monoisotopic (exact) mass is 349 g/mol. The lowest BCUT2D eigenvalue weighted by Gasteiger charge is -2.18. The van der Waals surface area contributed by atoms with Gasteiger partial charge in [-0.1, -0.05) is 48.8 Å². The predicted molar refractivity (Wildman–Crippen MR) is 86.7 cm³/mol. The lowest BCUT2D eigenvalue weighted by molar-refractivity contribution is 0.553. The van der Waals surface area contributed by atoms with Gasteiger partial charge in [0, 0.05) is 9.89 Å². The number of halogens is 1. The molecule has 0 atom stereocenters. The van der Waals surface area contributed by atoms with E-state index in [1.54, 1.807) is 6.21 Å². The number of hydrogen-bond donors (Lipinski definition) is 2. The number of hydrogen-bond acceptors (Lipinski definition) is 5. The van der Waals surface area contributed by atoms with Crippen molar-refractivity contribution in [3.8, 4) is 0 Å². The van der Waals surface area contributed by atoms with Gasteiger partial charge in [0.15, 0.2) is 5.82 Å². The maximum absolute atomic E-state index is 11.3. The van der Waals surface area contributed by atoms with Gasteiger partial charge < -0.3 is 0 Å². The van der Waals surface area contributed by atoms with Gasteiger partial charge in [-0.15, -0.1) is 0 Å². The van der Waals surface area contributed by atoms with Crippen LogP contribution < -0.4 is 11.1 Å². The van der Waals surface area contributed by atoms with Crippen molar-refractivity contribution >= 4 is 28.0 Å². The summed E-state index contributed by atoms with van der Waals surface area (Å²) in [5, 5.41) is 10.5. The molecule has 6 nitrogen and oxygen atoms in total. The Hall–Kier alpha value is -2.02. The van der Waals surface area contributed by atoms with Gasteiger partial charge in [0.05, 0.1) is 6.21 Å². The van der Waals surface area contributed by atoms with Gasteiger partial charge in [0.25, 0.3) is 0 Å². The molecule has 0 bridgehead atoms. The van der Waals surface area contributed by atoms with Crippen LogP contribution in [0.2, 0.25) is 0 Å². The van der Waals surface area contributed by atoms with Crippen LogP contribution in [0, 0.1) is 0 Å². The predicted octanol–water partition coefficient (Wildman–Crippen LogP) is 2.67. The molecule has 0 saturated heterocycles. The van der Waals surface area contributed by atoms with Gasteiger partial charge in [0.1, 0.15) is 5.69 Å². The highest BCUT2D eigenvalue weighted by Crippen LogP contribution is 2.24. The van der Waals surface area contributed by atoms with Gasteiger partial charge in [-0.25, -0.2) is 9.89 Å². The largest absolute Gasteiger partial charge is 0.363 e. The zero-order chi connectivity index (χ0) is 15.5. The van der Waals surface area contributed by atoms with Crippen LogP contribution in [0.1, 0.15) is 32.0 Å². The maximum atomic E-state index is 11.3. The van der Waals surface area contributed by atoms with Crippen LogP contribution in [0.25, 0.3) is 0 Å². The van der Waals surface area contributed by atoms with Crippen molar-refractivity contribution < 1.29 is 0 Å². The summed E-state index contributed by atoms with van der Waals surface area (Å²) in [4.78, 5) is 15.2. The molecule has 1 aromatic carbocycles. The molecule has 1 heterocycles. The second-order valence-electron chi connectivity index (χ2n) is 5.51. The van der Waals surface area contributed by atoms with Crippen molar-refractivity contribution in [1.29, 1.82) is 0 Å². The van der Waals surface area contributed by atoms with Gasteiger partial charge >= 0.3 is 5.69 Å². The maximum Gasteiger partial charge on any atom is 0.363 e. The number of aromatic amines is 1. The Morgan fingerprint density at radius 3 is 2.57 bits per heavy atom. The summed E-state index contributed by atoms with van der Waals surface area (Å²) in [7, 11) is 0. The number of benzene rings is 1. The minimum absolute atomic E-state index is 0.257. The Kier molecular flexibility index (Phi) is 4.52. The summed E-state index contributed by atoms with van der Waals surface area (Å²) in [5.41, 5.74) is 3.60. The Morgan fingerprint density at radius 2 is 1.95 bits per heavy atom. The first kappa shape index (κ1) is 15.4. The molecular weight excluding hydrogens is 334 g/mol. The molecule has 110 valence electrons. The van der Waals surface area contributed by atoms with Crippen molar-refractivity contribution in [2.24, 2.45) is 5.10 Å². The summed E-state index contributed by atoms with van der Waals surface area (Å²) in [6, 6.07) is 7.69. The standard InChI is InChI=1S/C14H16BrN5O/c1-14(2,3)11-12(17-13(21)20-18-11)19-16-8-9-4-6-10(15)7-5-9/h4-8H,1-3H3,(H2,17,19,20,21)/b16-8+. The highest BCUT2D eigenvalue weighted by atomic mass is 79.9. The molecule has 0 radical (unpaired) electrons. The fraction of sp³-hybridized carbons (Fsp3) is 0.286. The third-order valence-electron chi connectivity index (χ3n) is 2.67. The smallest absolute Gasteiger partial charge is 0.260 e. The van der Waals surface area contributed by atoms with Crippen LogP contribution in [0.3, 0.4) is 0 Å². The first-order valence-corrected chi connectivity index (χ1v) is 7.17. The first-order valence-electron chi connectivity index (χ1n) is 6.38. The van der Waals surface area contributed by atoms with E-state index in [0.29, 0.717) is 11.5 Å². The fourth-order valence-corrected chi connectivity index (χ4v) is 1.92. The van der Waals surface area contributed by atoms with E-state index in [1.807, 2.05) is 45.0 Å². The Bertz CT molecular complexity index is 701. The molecule has 0 fully saturated rings. The highest BCUT2D eigenvalue weighted by molar-refractivity contribution is 9.10. The molecule has 21 heavy (non-hydrogen) atoms. The summed E-state index contributed by atoms with van der Waals surface area (Å²) in [6.45, 7) is 5.96. The zero-order valence-corrected chi connectivity index (χ0v) is 13.6. The molecule has 1 aromatic heterocycles. The van der Waals surface area contributed by atoms with Crippen LogP contribution in [0.4, 0.5) is 5.82 Å². The second kappa shape index (κ2) is 6.17. The molecular formula is C14H16BrN5O. The molecule has 7 heteroatoms. The molecule has 2 rings (SSSR count). The highest BCUT2D eigenvalue weighted by Gasteiger charge is 2.21. The number of nitrogens with zero attached hydrogens (tertiary/aromatic N) is 3. The minimum atomic E-state index is -0.510. The first-order chi connectivity index (χ1) is 9.86. The van der Waals surface area contributed by atoms with Crippen molar-refractivity contribution in [3.63, 3.8) is 0 Å². The Balaban J connectivity index is 2.21. The third kappa shape index (κ3) is 4.22. The van der Waals surface area contributed by atoms with E-state index in [1.165, 1.54) is 0 Å². The Labute approximate surface area is 130 Å². The molecule has 0 saturated carbocycles. The number of rotatable bonds is 3. The number of aromatic nitrogens is 3. The normalized spacial score (nSPS) is 11.8. The van der Waals surface area contributed by atoms with E-state index in [2.05, 4.69) is 41.6 Å². The SMILES string of the molecule is CC(C)(C)c1n[nH]c(=O)nc1N/N=C/c1ccc(Br)cc1. The molecule has 0 aliphatic heterocycles. The quantitative estimate of drug-likeness (QED) is 0.659. The van der Waals surface area contributed by atoms with Crippen LogP contribution >= 0.6 is 15.9 Å². The molecule has 2 aromatic rings. The van der Waals surface area contributed by atoms with Crippen molar-refractivity contribution in [2.45, 2.75) is 26.2 Å². The topological polar surface area (TPSA) is 83.0 Å². The summed E-state index contributed by atoms with van der Waals surface area (Å²) in [5.74, 6) is 0.361. The lowest BCUT2D eigenvalue weighted by atomic mass is 9.92. The van der Waals surface area contributed by atoms with Gasteiger partial charge in [0.2, 0.25) is 0 Å². The molecule has 0 amide bonds. The van der Waals surface area contributed by atoms with Gasteiger partial charge in [-0.05, 0) is 17.7 Å². The Morgan fingerprint density at radius 1 is 1.29 bits per heavy atom. The fourth-order valence-electron chi connectivity index (χ4n) is 1.65. The van der Waals surface area contributed by atoms with E-state index in [9.17, 15) is 4.79 Å². The second-order valence-corrected chi connectivity index (χ2v) is 6.43. The summed E-state index contributed by atoms with van der Waals surface area (Å²) >= 11 is 3.37. The van der Waals surface area contributed by atoms with E-state index in [0.717, 1.165) is 10.0 Å². The molecule has 0 aliphatic carbocycles. The van der Waals surface area contributed by atoms with Gasteiger partial charge in [-0.2, -0.15) is 15.2 Å². The minimum Gasteiger partial charge on any atom is -0.260 e. The molecule has 0 unspecified atom stereocenters. The number of anilines is 1. The molecule has 2 N–H and O–H groups in total. The van der Waals surface area contributed by atoms with E-state index < -0.39 is 5.69 Å². The van der Waals surface area contributed by atoms with Crippen LogP contribution in [0.5, 0.6) is 0 Å². The number of H-pyrrole nitrogens is 1. The van der Waals surface area contributed by atoms with E-state index in [4.69, 9.17) is 0 Å². The van der Waals surface area contributed by atoms with Crippen molar-refractivity contribution in [3.05, 3.63) is 50.5 Å². The average molecular weight is 350 g/mol. The van der Waals surface area contributed by atoms with Gasteiger partial charge in [-0.3, -0.25) is 5.43 Å². The van der Waals surface area contributed by atoms with Crippen molar-refractivity contribution in [1.82, 2.24) is 15.2 Å². The molecule has 0 aliphatic rings. The third-order valence-corrected chi connectivity index (χ3v) is 3.19. The van der Waals surface area contributed by atoms with Crippen molar-refractivity contribution in [2.75, 3.05) is 5.43 Å². The van der Waals surface area contributed by atoms with E-state index in [-0.39, 0.29) is 5.41 Å². The van der Waals surface area contributed by atoms with Crippen LogP contribution in [-0.4, -0.2) is 21.4 Å². The van der Waals surface area contributed by atoms with E-state index >= 15 is 0 Å². The number of hydrazone groups is 1. The number of nitrogens with one attached hydrogen (secondary N) is 2. The summed E-state index contributed by atoms with van der Waals surface area (Å²) in [6.07, 6.45) is 1.65.